The SMILES string of the molecule is CCC(=O)N1CCc2cc(Br)c(S(=O)(=O)N3CCC[C@@H](C(=O)Nc4cccc5c4CCCC5)C3)cc21. The maximum atomic E-state index is 13.7. The summed E-state index contributed by atoms with van der Waals surface area (Å²) in [5, 5.41) is 3.11. The number of amides is 2. The van der Waals surface area contributed by atoms with E-state index in [2.05, 4.69) is 27.3 Å². The number of fused-ring (bicyclic) bond motifs is 2. The van der Waals surface area contributed by atoms with Crippen molar-refractivity contribution in [3.05, 3.63) is 51.5 Å². The molecule has 192 valence electrons. The van der Waals surface area contributed by atoms with Crippen LogP contribution in [-0.4, -0.2) is 44.2 Å². The highest BCUT2D eigenvalue weighted by Gasteiger charge is 2.36. The highest BCUT2D eigenvalue weighted by atomic mass is 79.9. The minimum Gasteiger partial charge on any atom is -0.326 e. The van der Waals surface area contributed by atoms with E-state index in [1.54, 1.807) is 17.9 Å². The van der Waals surface area contributed by atoms with Crippen LogP contribution < -0.4 is 10.2 Å². The number of hydrogen-bond donors (Lipinski definition) is 1. The van der Waals surface area contributed by atoms with E-state index < -0.39 is 15.9 Å². The highest BCUT2D eigenvalue weighted by molar-refractivity contribution is 9.10. The molecule has 2 aliphatic heterocycles. The molecule has 3 aliphatic rings. The van der Waals surface area contributed by atoms with E-state index in [4.69, 9.17) is 0 Å². The van der Waals surface area contributed by atoms with Gasteiger partial charge in [-0.3, -0.25) is 9.59 Å². The number of carbonyl (C=O) groups is 2. The Morgan fingerprint density at radius 1 is 1.06 bits per heavy atom. The van der Waals surface area contributed by atoms with Gasteiger partial charge in [-0.05, 0) is 95.8 Å². The molecule has 7 nitrogen and oxygen atoms in total. The van der Waals surface area contributed by atoms with Crippen molar-refractivity contribution in [3.8, 4) is 0 Å². The second-order valence-electron chi connectivity index (χ2n) is 9.90. The third-order valence-corrected chi connectivity index (χ3v) is 10.5. The van der Waals surface area contributed by atoms with Gasteiger partial charge in [0.25, 0.3) is 0 Å². The fraction of sp³-hybridized carbons (Fsp3) is 0.481. The van der Waals surface area contributed by atoms with E-state index in [1.807, 2.05) is 18.2 Å². The molecule has 5 rings (SSSR count). The van der Waals surface area contributed by atoms with Crippen molar-refractivity contribution in [1.29, 1.82) is 0 Å². The molecule has 1 N–H and O–H groups in total. The summed E-state index contributed by atoms with van der Waals surface area (Å²) in [6.07, 6.45) is 6.62. The molecule has 2 aromatic carbocycles. The van der Waals surface area contributed by atoms with E-state index in [0.29, 0.717) is 48.9 Å². The number of aryl methyl sites for hydroxylation is 1. The molecule has 1 saturated heterocycles. The second kappa shape index (κ2) is 10.3. The Labute approximate surface area is 221 Å². The van der Waals surface area contributed by atoms with Crippen LogP contribution >= 0.6 is 15.9 Å². The maximum Gasteiger partial charge on any atom is 0.244 e. The minimum absolute atomic E-state index is 0.0165. The van der Waals surface area contributed by atoms with Gasteiger partial charge in [-0.1, -0.05) is 19.1 Å². The highest BCUT2D eigenvalue weighted by Crippen LogP contribution is 2.38. The number of carbonyl (C=O) groups excluding carboxylic acids is 2. The van der Waals surface area contributed by atoms with Gasteiger partial charge >= 0.3 is 0 Å². The van der Waals surface area contributed by atoms with Crippen LogP contribution in [0.3, 0.4) is 0 Å². The zero-order valence-corrected chi connectivity index (χ0v) is 23.0. The summed E-state index contributed by atoms with van der Waals surface area (Å²) >= 11 is 3.46. The summed E-state index contributed by atoms with van der Waals surface area (Å²) < 4.78 is 29.4. The average Bonchev–Trinajstić information content (AvgIpc) is 3.30. The topological polar surface area (TPSA) is 86.8 Å². The molecule has 1 atom stereocenters. The van der Waals surface area contributed by atoms with E-state index in [0.717, 1.165) is 30.5 Å². The quantitative estimate of drug-likeness (QED) is 0.563. The second-order valence-corrected chi connectivity index (χ2v) is 12.7. The molecule has 36 heavy (non-hydrogen) atoms. The van der Waals surface area contributed by atoms with Crippen LogP contribution in [0, 0.1) is 5.92 Å². The van der Waals surface area contributed by atoms with Gasteiger partial charge in [0.05, 0.1) is 10.8 Å². The van der Waals surface area contributed by atoms with Gasteiger partial charge in [0.15, 0.2) is 0 Å². The van der Waals surface area contributed by atoms with Crippen molar-refractivity contribution in [2.75, 3.05) is 29.9 Å². The van der Waals surface area contributed by atoms with Crippen molar-refractivity contribution in [2.24, 2.45) is 5.92 Å². The van der Waals surface area contributed by atoms with Gasteiger partial charge < -0.3 is 10.2 Å². The molecule has 2 amide bonds. The number of rotatable bonds is 5. The van der Waals surface area contributed by atoms with Crippen molar-refractivity contribution < 1.29 is 18.0 Å². The van der Waals surface area contributed by atoms with Crippen LogP contribution in [0.25, 0.3) is 0 Å². The standard InChI is InChI=1S/C27H32BrN3O4S/c1-2-26(32)31-14-12-19-15-22(28)25(16-24(19)31)36(34,35)30-13-6-9-20(17-30)27(33)29-23-11-5-8-18-7-3-4-10-21(18)23/h5,8,11,15-16,20H,2-4,6-7,9-10,12-14,17H2,1H3,(H,29,33)/t20-/m1/s1. The van der Waals surface area contributed by atoms with Crippen LogP contribution in [-0.2, 0) is 38.9 Å². The molecule has 0 spiro atoms. The first-order valence-corrected chi connectivity index (χ1v) is 15.1. The van der Waals surface area contributed by atoms with Gasteiger partial charge in [0.1, 0.15) is 0 Å². The molecule has 2 aromatic rings. The third-order valence-electron chi connectivity index (χ3n) is 7.66. The normalized spacial score (nSPS) is 20.1. The number of benzene rings is 2. The fourth-order valence-electron chi connectivity index (χ4n) is 5.68. The van der Waals surface area contributed by atoms with Crippen LogP contribution in [0.4, 0.5) is 11.4 Å². The van der Waals surface area contributed by atoms with Gasteiger partial charge in [-0.15, -0.1) is 0 Å². The molecule has 0 aromatic heterocycles. The van der Waals surface area contributed by atoms with Crippen molar-refractivity contribution in [3.63, 3.8) is 0 Å². The number of hydrogen-bond acceptors (Lipinski definition) is 4. The number of sulfonamides is 1. The van der Waals surface area contributed by atoms with Gasteiger partial charge in [0, 0.05) is 41.9 Å². The lowest BCUT2D eigenvalue weighted by Crippen LogP contribution is -2.43. The number of nitrogens with zero attached hydrogens (tertiary/aromatic N) is 2. The zero-order valence-electron chi connectivity index (χ0n) is 20.6. The Morgan fingerprint density at radius 3 is 2.67 bits per heavy atom. The third kappa shape index (κ3) is 4.73. The lowest BCUT2D eigenvalue weighted by atomic mass is 9.90. The molecule has 1 fully saturated rings. The average molecular weight is 575 g/mol. The number of nitrogens with one attached hydrogen (secondary N) is 1. The summed E-state index contributed by atoms with van der Waals surface area (Å²) in [7, 11) is -3.86. The van der Waals surface area contributed by atoms with Crippen LogP contribution in [0.1, 0.15) is 55.7 Å². The van der Waals surface area contributed by atoms with E-state index in [-0.39, 0.29) is 23.3 Å². The smallest absolute Gasteiger partial charge is 0.244 e. The number of piperidine rings is 1. The Balaban J connectivity index is 1.36. The zero-order chi connectivity index (χ0) is 25.4. The van der Waals surface area contributed by atoms with Gasteiger partial charge in [-0.25, -0.2) is 8.42 Å². The maximum absolute atomic E-state index is 13.7. The first-order chi connectivity index (χ1) is 17.3. The monoisotopic (exact) mass is 573 g/mol. The fourth-order valence-corrected chi connectivity index (χ4v) is 8.28. The Kier molecular flexibility index (Phi) is 7.25. The summed E-state index contributed by atoms with van der Waals surface area (Å²) in [5.74, 6) is -0.557. The number of anilines is 2. The molecule has 0 saturated carbocycles. The van der Waals surface area contributed by atoms with Crippen molar-refractivity contribution in [2.45, 2.75) is 63.2 Å². The predicted octanol–water partition coefficient (Wildman–Crippen LogP) is 4.67. The molecular weight excluding hydrogens is 542 g/mol. The lowest BCUT2D eigenvalue weighted by molar-refractivity contribution is -0.121. The summed E-state index contributed by atoms with van der Waals surface area (Å²) in [5.41, 5.74) is 5.00. The summed E-state index contributed by atoms with van der Waals surface area (Å²) in [6.45, 7) is 2.88. The Bertz CT molecular complexity index is 1310. The van der Waals surface area contributed by atoms with Gasteiger partial charge in [0.2, 0.25) is 21.8 Å². The van der Waals surface area contributed by atoms with Crippen molar-refractivity contribution >= 4 is 49.1 Å². The van der Waals surface area contributed by atoms with E-state index in [1.165, 1.54) is 21.9 Å². The molecule has 9 heteroatoms. The Morgan fingerprint density at radius 2 is 1.86 bits per heavy atom. The predicted molar refractivity (Wildman–Crippen MR) is 144 cm³/mol. The lowest BCUT2D eigenvalue weighted by Gasteiger charge is -2.32. The van der Waals surface area contributed by atoms with Crippen molar-refractivity contribution in [1.82, 2.24) is 4.31 Å². The molecule has 0 bridgehead atoms. The van der Waals surface area contributed by atoms with Crippen LogP contribution in [0.15, 0.2) is 39.7 Å². The largest absolute Gasteiger partial charge is 0.326 e. The molecule has 0 unspecified atom stereocenters. The molecule has 2 heterocycles. The number of halogens is 1. The first-order valence-electron chi connectivity index (χ1n) is 12.8. The van der Waals surface area contributed by atoms with Crippen LogP contribution in [0.5, 0.6) is 0 Å². The molecule has 1 aliphatic carbocycles. The molecule has 0 radical (unpaired) electrons. The van der Waals surface area contributed by atoms with E-state index in [9.17, 15) is 18.0 Å². The van der Waals surface area contributed by atoms with E-state index >= 15 is 0 Å². The minimum atomic E-state index is -3.86. The van der Waals surface area contributed by atoms with Crippen LogP contribution in [0.2, 0.25) is 0 Å². The summed E-state index contributed by atoms with van der Waals surface area (Å²) in [6, 6.07) is 9.50. The summed E-state index contributed by atoms with van der Waals surface area (Å²) in [4.78, 5) is 27.5. The van der Waals surface area contributed by atoms with Gasteiger partial charge in [-0.2, -0.15) is 4.31 Å². The first kappa shape index (κ1) is 25.4. The molecular formula is C27H32BrN3O4S. The Hall–Kier alpha value is -2.23.